The van der Waals surface area contributed by atoms with Crippen LogP contribution in [-0.2, 0) is 0 Å². The van der Waals surface area contributed by atoms with E-state index in [1.165, 1.54) is 0 Å². The monoisotopic (exact) mass is 626 g/mol. The van der Waals surface area contributed by atoms with Gasteiger partial charge in [0.05, 0.1) is 34.9 Å². The third kappa shape index (κ3) is 7.24. The van der Waals surface area contributed by atoms with Gasteiger partial charge in [-0.1, -0.05) is 48.5 Å². The average Bonchev–Trinajstić information content (AvgIpc) is 3.15. The highest BCUT2D eigenvalue weighted by Crippen LogP contribution is 2.23. The van der Waals surface area contributed by atoms with Crippen LogP contribution in [0, 0.1) is 0 Å². The van der Waals surface area contributed by atoms with Crippen molar-refractivity contribution in [3.63, 3.8) is 0 Å². The third-order valence-corrected chi connectivity index (χ3v) is 6.90. The van der Waals surface area contributed by atoms with Crippen LogP contribution in [0.2, 0.25) is 0 Å². The maximum atomic E-state index is 4.87. The molecule has 0 unspecified atom stereocenters. The Morgan fingerprint density at radius 1 is 0.458 bits per heavy atom. The highest BCUT2D eigenvalue weighted by molar-refractivity contribution is 6.08. The fourth-order valence-electron chi connectivity index (χ4n) is 4.64. The van der Waals surface area contributed by atoms with Crippen LogP contribution in [0.3, 0.4) is 0 Å². The predicted molar refractivity (Wildman–Crippen MR) is 189 cm³/mol. The highest BCUT2D eigenvalue weighted by atomic mass is 15.3. The molecule has 7 aromatic rings. The fourth-order valence-corrected chi connectivity index (χ4v) is 4.64. The second kappa shape index (κ2) is 14.3. The van der Waals surface area contributed by atoms with Crippen molar-refractivity contribution in [2.24, 2.45) is 20.4 Å². The minimum absolute atomic E-state index is 0.450. The van der Waals surface area contributed by atoms with Crippen LogP contribution >= 0.6 is 0 Å². The van der Waals surface area contributed by atoms with E-state index in [9.17, 15) is 0 Å². The molecule has 0 aliphatic rings. The first-order valence-electron chi connectivity index (χ1n) is 14.9. The van der Waals surface area contributed by atoms with Crippen LogP contribution in [0.15, 0.2) is 154 Å². The molecule has 0 bridgehead atoms. The lowest BCUT2D eigenvalue weighted by molar-refractivity contribution is 1.19. The van der Waals surface area contributed by atoms with Gasteiger partial charge in [-0.15, -0.1) is 10.2 Å². The van der Waals surface area contributed by atoms with Crippen LogP contribution < -0.4 is 10.6 Å². The molecule has 12 nitrogen and oxygen atoms in total. The number of hydrogen-bond acceptors (Lipinski definition) is 10. The van der Waals surface area contributed by atoms with Crippen LogP contribution in [0.4, 0.5) is 11.6 Å². The number of benzene rings is 1. The van der Waals surface area contributed by atoms with Crippen LogP contribution in [0.5, 0.6) is 0 Å². The number of rotatable bonds is 8. The molecule has 12 heteroatoms. The molecule has 0 radical (unpaired) electrons. The molecular formula is C36H26N12. The quantitative estimate of drug-likeness (QED) is 0.0883. The van der Waals surface area contributed by atoms with Gasteiger partial charge in [0.15, 0.2) is 11.7 Å². The van der Waals surface area contributed by atoms with Gasteiger partial charge in [0.1, 0.15) is 23.0 Å². The molecule has 0 amide bonds. The number of nitrogens with zero attached hydrogens (tertiary/aromatic N) is 10. The number of anilines is 2. The van der Waals surface area contributed by atoms with Crippen molar-refractivity contribution in [2.75, 3.05) is 10.6 Å². The minimum Gasteiger partial charge on any atom is -0.322 e. The molecule has 6 heterocycles. The van der Waals surface area contributed by atoms with Gasteiger partial charge >= 0.3 is 0 Å². The number of hydrogen-bond donors (Lipinski definition) is 2. The Morgan fingerprint density at radius 2 is 0.875 bits per heavy atom. The number of amidine groups is 2. The van der Waals surface area contributed by atoms with Gasteiger partial charge in [0, 0.05) is 35.6 Å². The second-order valence-corrected chi connectivity index (χ2v) is 10.2. The molecule has 2 N–H and O–H groups in total. The second-order valence-electron chi connectivity index (χ2n) is 10.2. The first kappa shape index (κ1) is 29.6. The van der Waals surface area contributed by atoms with E-state index in [-0.39, 0.29) is 0 Å². The van der Waals surface area contributed by atoms with Gasteiger partial charge < -0.3 is 10.6 Å². The third-order valence-electron chi connectivity index (χ3n) is 6.90. The number of nitrogens with one attached hydrogen (secondary N) is 2. The summed E-state index contributed by atoms with van der Waals surface area (Å²) in [6, 6.07) is 34.0. The van der Waals surface area contributed by atoms with Crippen LogP contribution in [0.1, 0.15) is 22.8 Å². The van der Waals surface area contributed by atoms with Crippen molar-refractivity contribution in [1.29, 1.82) is 0 Å². The first-order valence-corrected chi connectivity index (χ1v) is 14.9. The molecule has 0 saturated heterocycles. The molecule has 7 rings (SSSR count). The van der Waals surface area contributed by atoms with Crippen molar-refractivity contribution >= 4 is 57.5 Å². The Morgan fingerprint density at radius 3 is 1.27 bits per heavy atom. The Hall–Kier alpha value is -7.08. The molecule has 230 valence electrons. The normalized spacial score (nSPS) is 12.2. The standard InChI is InChI=1S/C36H26N12/c1-5-19-37-29(9-1)35(45-31-11-3-7-21-39-31)47-41-23-27-17-15-25-13-14-26-16-18-28(44-34(26)33(25)43-27)24-42-48-36(30-10-2-6-20-38-30)46-32-12-4-8-22-40-32/h1-24H,(H,39,45,47)(H,40,46,48)/b41-23+,42-24+. The van der Waals surface area contributed by atoms with E-state index in [1.54, 1.807) is 37.2 Å². The lowest BCUT2D eigenvalue weighted by Crippen LogP contribution is -2.15. The van der Waals surface area contributed by atoms with Gasteiger partial charge in [-0.25, -0.2) is 19.9 Å². The SMILES string of the molecule is C(=N\N=C(/Nc1ccccn1)c1ccccn1)/c1ccc2ccc3ccc(/C=N/N=C(/Nc4ccccn4)c4ccccn4)nc3c2n1. The van der Waals surface area contributed by atoms with Crippen molar-refractivity contribution in [2.45, 2.75) is 0 Å². The summed E-state index contributed by atoms with van der Waals surface area (Å²) >= 11 is 0. The molecule has 1 aromatic carbocycles. The zero-order valence-corrected chi connectivity index (χ0v) is 25.3. The van der Waals surface area contributed by atoms with E-state index >= 15 is 0 Å². The molecule has 6 aromatic heterocycles. The topological polar surface area (TPSA) is 151 Å². The Kier molecular flexibility index (Phi) is 8.85. The molecular weight excluding hydrogens is 600 g/mol. The lowest BCUT2D eigenvalue weighted by atomic mass is 10.1. The molecule has 0 atom stereocenters. The summed E-state index contributed by atoms with van der Waals surface area (Å²) in [5, 5.41) is 25.7. The summed E-state index contributed by atoms with van der Waals surface area (Å²) in [7, 11) is 0. The van der Waals surface area contributed by atoms with E-state index < -0.39 is 0 Å². The molecule has 0 fully saturated rings. The van der Waals surface area contributed by atoms with Gasteiger partial charge in [-0.2, -0.15) is 10.2 Å². The van der Waals surface area contributed by atoms with E-state index in [1.807, 2.05) is 109 Å². The maximum absolute atomic E-state index is 4.87. The lowest BCUT2D eigenvalue weighted by Gasteiger charge is -2.07. The van der Waals surface area contributed by atoms with E-state index in [2.05, 4.69) is 51.0 Å². The van der Waals surface area contributed by atoms with E-state index in [4.69, 9.17) is 9.97 Å². The first-order chi connectivity index (χ1) is 23.8. The largest absolute Gasteiger partial charge is 0.322 e. The van der Waals surface area contributed by atoms with Crippen LogP contribution in [0.25, 0.3) is 21.8 Å². The van der Waals surface area contributed by atoms with E-state index in [0.29, 0.717) is 46.1 Å². The summed E-state index contributed by atoms with van der Waals surface area (Å²) in [5.74, 6) is 2.15. The number of pyridine rings is 6. The van der Waals surface area contributed by atoms with Gasteiger partial charge in [0.2, 0.25) is 0 Å². The minimum atomic E-state index is 0.450. The summed E-state index contributed by atoms with van der Waals surface area (Å²) in [6.45, 7) is 0. The Labute approximate surface area is 274 Å². The maximum Gasteiger partial charge on any atom is 0.180 e. The Bertz CT molecular complexity index is 2110. The number of fused-ring (bicyclic) bond motifs is 3. The summed E-state index contributed by atoms with van der Waals surface area (Å²) < 4.78 is 0. The van der Waals surface area contributed by atoms with Crippen molar-refractivity contribution in [3.8, 4) is 0 Å². The van der Waals surface area contributed by atoms with Crippen molar-refractivity contribution < 1.29 is 0 Å². The van der Waals surface area contributed by atoms with Crippen LogP contribution in [-0.4, -0.2) is 54.0 Å². The van der Waals surface area contributed by atoms with E-state index in [0.717, 1.165) is 21.8 Å². The summed E-state index contributed by atoms with van der Waals surface area (Å²) in [5.41, 5.74) is 3.93. The zero-order valence-electron chi connectivity index (χ0n) is 25.3. The average molecular weight is 627 g/mol. The smallest absolute Gasteiger partial charge is 0.180 e. The molecule has 0 aliphatic heterocycles. The molecule has 48 heavy (non-hydrogen) atoms. The molecule has 0 saturated carbocycles. The van der Waals surface area contributed by atoms with Gasteiger partial charge in [-0.3, -0.25) is 9.97 Å². The molecule has 0 aliphatic carbocycles. The van der Waals surface area contributed by atoms with Gasteiger partial charge in [-0.05, 0) is 60.7 Å². The Balaban J connectivity index is 1.18. The number of aromatic nitrogens is 6. The van der Waals surface area contributed by atoms with Crippen molar-refractivity contribution in [1.82, 2.24) is 29.9 Å². The van der Waals surface area contributed by atoms with Gasteiger partial charge in [0.25, 0.3) is 0 Å². The van der Waals surface area contributed by atoms with Crippen molar-refractivity contribution in [3.05, 3.63) is 157 Å². The zero-order chi connectivity index (χ0) is 32.4. The summed E-state index contributed by atoms with van der Waals surface area (Å²) in [4.78, 5) is 27.2. The summed E-state index contributed by atoms with van der Waals surface area (Å²) in [6.07, 6.45) is 9.97. The predicted octanol–water partition coefficient (Wildman–Crippen LogP) is 6.15. The fraction of sp³-hybridized carbons (Fsp3) is 0. The highest BCUT2D eigenvalue weighted by Gasteiger charge is 2.09. The molecule has 0 spiro atoms.